The molecule has 11 nitrogen and oxygen atoms in total. The molecule has 2 atom stereocenters. The second kappa shape index (κ2) is 12.2. The topological polar surface area (TPSA) is 161 Å². The Morgan fingerprint density at radius 2 is 1.90 bits per heavy atom. The van der Waals surface area contributed by atoms with Gasteiger partial charge in [0.05, 0.1) is 54.3 Å². The molecule has 2 amide bonds. The van der Waals surface area contributed by atoms with Crippen LogP contribution >= 0.6 is 23.2 Å². The second-order valence-corrected chi connectivity index (χ2v) is 9.73. The highest BCUT2D eigenvalue weighted by molar-refractivity contribution is 6.35. The molecule has 0 fully saturated rings. The highest BCUT2D eigenvalue weighted by Crippen LogP contribution is 2.34. The quantitative estimate of drug-likeness (QED) is 0.210. The molecule has 0 saturated carbocycles. The molecule has 0 spiro atoms. The van der Waals surface area contributed by atoms with E-state index in [1.54, 1.807) is 0 Å². The monoisotopic (exact) mass is 617 g/mol. The van der Waals surface area contributed by atoms with Crippen molar-refractivity contribution < 1.29 is 37.1 Å². The van der Waals surface area contributed by atoms with Crippen molar-refractivity contribution >= 4 is 63.5 Å². The van der Waals surface area contributed by atoms with Crippen LogP contribution in [0.4, 0.5) is 23.2 Å². The summed E-state index contributed by atoms with van der Waals surface area (Å²) in [4.78, 5) is 40.9. The number of hydrogen-bond donors (Lipinski definition) is 6. The number of aliphatic imine (C=N–C) groups is 1. The number of fused-ring (bicyclic) bond motifs is 1. The number of carbonyl (C=O) groups is 3. The van der Waals surface area contributed by atoms with Crippen molar-refractivity contribution in [2.45, 2.75) is 24.8 Å². The van der Waals surface area contributed by atoms with E-state index >= 15 is 0 Å². The number of alkyl halides is 4. The largest absolute Gasteiger partial charge is 0.481 e. The van der Waals surface area contributed by atoms with Gasteiger partial charge in [0.2, 0.25) is 5.91 Å². The third kappa shape index (κ3) is 7.55. The summed E-state index contributed by atoms with van der Waals surface area (Å²) in [6.07, 6.45) is -6.65. The molecule has 218 valence electrons. The molecule has 0 radical (unpaired) electrons. The number of aliphatic carboxylic acids is 1. The molecule has 4 rings (SSSR count). The molecular formula is C24H21Cl2F4N7O4. The van der Waals surface area contributed by atoms with Crippen LogP contribution in [0.2, 0.25) is 10.2 Å². The van der Waals surface area contributed by atoms with Gasteiger partial charge in [0.25, 0.3) is 5.91 Å². The van der Waals surface area contributed by atoms with Crippen molar-refractivity contribution in [2.75, 3.05) is 25.0 Å². The summed E-state index contributed by atoms with van der Waals surface area (Å²) in [5.41, 5.74) is -0.654. The summed E-state index contributed by atoms with van der Waals surface area (Å²) in [5.74, 6) is -2.75. The summed E-state index contributed by atoms with van der Waals surface area (Å²) < 4.78 is 53.1. The van der Waals surface area contributed by atoms with Gasteiger partial charge < -0.3 is 26.4 Å². The van der Waals surface area contributed by atoms with E-state index in [4.69, 9.17) is 23.2 Å². The van der Waals surface area contributed by atoms with Crippen molar-refractivity contribution in [3.05, 3.63) is 57.2 Å². The number of aromatic nitrogens is 2. The van der Waals surface area contributed by atoms with E-state index in [1.165, 1.54) is 12.1 Å². The lowest BCUT2D eigenvalue weighted by molar-refractivity contribution is -0.138. The number of hydrogen-bond acceptors (Lipinski definition) is 7. The van der Waals surface area contributed by atoms with Gasteiger partial charge in [0.1, 0.15) is 11.3 Å². The Kier molecular flexibility index (Phi) is 8.87. The van der Waals surface area contributed by atoms with Crippen LogP contribution in [0.25, 0.3) is 10.9 Å². The molecule has 2 heterocycles. The minimum Gasteiger partial charge on any atom is -0.481 e. The molecule has 6 N–H and O–H groups in total. The van der Waals surface area contributed by atoms with Gasteiger partial charge >= 0.3 is 12.1 Å². The number of carboxylic acid groups (broad SMARTS) is 1. The summed E-state index contributed by atoms with van der Waals surface area (Å²) in [5, 5.41) is 26.5. The first-order chi connectivity index (χ1) is 19.3. The molecular weight excluding hydrogens is 597 g/mol. The van der Waals surface area contributed by atoms with Crippen LogP contribution in [0.5, 0.6) is 0 Å². The first kappa shape index (κ1) is 29.9. The fourth-order valence-electron chi connectivity index (χ4n) is 3.98. The molecule has 41 heavy (non-hydrogen) atoms. The van der Waals surface area contributed by atoms with Gasteiger partial charge in [0, 0.05) is 10.6 Å². The Labute approximate surface area is 238 Å². The van der Waals surface area contributed by atoms with E-state index in [-0.39, 0.29) is 45.9 Å². The minimum absolute atomic E-state index is 0.0267. The number of anilines is 1. The number of nitrogens with zero attached hydrogens (tertiary/aromatic N) is 2. The Balaban J connectivity index is 1.49. The van der Waals surface area contributed by atoms with E-state index in [9.17, 15) is 37.1 Å². The number of halogens is 6. The Morgan fingerprint density at radius 3 is 2.56 bits per heavy atom. The normalized spacial score (nSPS) is 16.0. The average molecular weight is 618 g/mol. The highest BCUT2D eigenvalue weighted by Gasteiger charge is 2.32. The predicted molar refractivity (Wildman–Crippen MR) is 142 cm³/mol. The number of rotatable bonds is 8. The maximum atomic E-state index is 13.4. The zero-order chi connectivity index (χ0) is 29.9. The standard InChI is InChI=1S/C24H21Cl2F4N7O4/c25-13-2-10(1-12(5-13)24(28,29)30)15(6-19(39)40)34-18(38)9-31-22(41)11-3-16(20-17(4-11)36-37-21(20)26)35-23-32-7-14(27)8-33-23/h1-5,14-15H,6-9H2,(H,31,41)(H,34,38)(H,36,37)(H,39,40)(H2,32,33,35)/t15-/m0/s1. The van der Waals surface area contributed by atoms with E-state index < -0.39 is 54.7 Å². The number of carboxylic acids is 1. The van der Waals surface area contributed by atoms with Crippen LogP contribution in [0.15, 0.2) is 35.3 Å². The second-order valence-electron chi connectivity index (χ2n) is 8.92. The van der Waals surface area contributed by atoms with E-state index in [1.807, 2.05) is 0 Å². The van der Waals surface area contributed by atoms with Crippen LogP contribution in [0, 0.1) is 0 Å². The maximum absolute atomic E-state index is 13.4. The lowest BCUT2D eigenvalue weighted by atomic mass is 10.0. The first-order valence-electron chi connectivity index (χ1n) is 11.8. The van der Waals surface area contributed by atoms with E-state index in [2.05, 4.69) is 36.5 Å². The third-order valence-corrected chi connectivity index (χ3v) is 6.33. The average Bonchev–Trinajstić information content (AvgIpc) is 3.28. The number of H-pyrrole nitrogens is 1. The van der Waals surface area contributed by atoms with Crippen molar-refractivity contribution in [2.24, 2.45) is 4.99 Å². The van der Waals surface area contributed by atoms with Crippen LogP contribution in [-0.2, 0) is 15.8 Å². The molecule has 1 aliphatic heterocycles. The van der Waals surface area contributed by atoms with Crippen LogP contribution in [0.3, 0.4) is 0 Å². The Hall–Kier alpha value is -4.11. The number of benzene rings is 2. The summed E-state index contributed by atoms with van der Waals surface area (Å²) in [7, 11) is 0. The van der Waals surface area contributed by atoms with Gasteiger partial charge in [-0.1, -0.05) is 23.2 Å². The molecule has 2 aromatic carbocycles. The number of aromatic amines is 1. The maximum Gasteiger partial charge on any atom is 0.416 e. The van der Waals surface area contributed by atoms with Crippen molar-refractivity contribution in [3.8, 4) is 0 Å². The SMILES string of the molecule is O=C(O)C[C@H](NC(=O)CNC(=O)c1cc(NC2=NCC(F)CN2)c2c(Cl)[nH]nc2c1)c1cc(Cl)cc(C(F)(F)F)c1. The summed E-state index contributed by atoms with van der Waals surface area (Å²) in [6, 6.07) is 3.90. The van der Waals surface area contributed by atoms with Gasteiger partial charge in [-0.3, -0.25) is 19.5 Å². The van der Waals surface area contributed by atoms with Gasteiger partial charge in [0.15, 0.2) is 5.96 Å². The minimum atomic E-state index is -4.76. The smallest absolute Gasteiger partial charge is 0.416 e. The van der Waals surface area contributed by atoms with Gasteiger partial charge in [-0.2, -0.15) is 18.3 Å². The Morgan fingerprint density at radius 1 is 1.15 bits per heavy atom. The molecule has 1 aromatic heterocycles. The number of carbonyl (C=O) groups excluding carboxylic acids is 2. The van der Waals surface area contributed by atoms with E-state index in [0.717, 1.165) is 6.07 Å². The zero-order valence-electron chi connectivity index (χ0n) is 20.7. The number of nitrogens with one attached hydrogen (secondary N) is 5. The third-order valence-electron chi connectivity index (χ3n) is 5.84. The fraction of sp³-hybridized carbons (Fsp3) is 0.292. The molecule has 3 aromatic rings. The molecule has 0 saturated heterocycles. The summed E-state index contributed by atoms with van der Waals surface area (Å²) in [6.45, 7) is -0.683. The van der Waals surface area contributed by atoms with Crippen molar-refractivity contribution in [1.82, 2.24) is 26.1 Å². The molecule has 0 aliphatic carbocycles. The number of amides is 2. The van der Waals surface area contributed by atoms with Crippen LogP contribution in [0.1, 0.15) is 33.9 Å². The van der Waals surface area contributed by atoms with E-state index in [0.29, 0.717) is 23.2 Å². The van der Waals surface area contributed by atoms with Gasteiger partial charge in [-0.25, -0.2) is 9.38 Å². The van der Waals surface area contributed by atoms with Crippen molar-refractivity contribution in [3.63, 3.8) is 0 Å². The molecule has 0 bridgehead atoms. The van der Waals surface area contributed by atoms with Gasteiger partial charge in [-0.15, -0.1) is 0 Å². The Bertz CT molecular complexity index is 1530. The summed E-state index contributed by atoms with van der Waals surface area (Å²) >= 11 is 12.0. The highest BCUT2D eigenvalue weighted by atomic mass is 35.5. The molecule has 17 heteroatoms. The fourth-order valence-corrected chi connectivity index (χ4v) is 4.47. The van der Waals surface area contributed by atoms with Crippen LogP contribution in [-0.4, -0.2) is 64.9 Å². The molecule has 1 aliphatic rings. The van der Waals surface area contributed by atoms with Crippen LogP contribution < -0.4 is 21.3 Å². The first-order valence-corrected chi connectivity index (χ1v) is 12.6. The van der Waals surface area contributed by atoms with Crippen molar-refractivity contribution in [1.29, 1.82) is 0 Å². The lowest BCUT2D eigenvalue weighted by Gasteiger charge is -2.20. The lowest BCUT2D eigenvalue weighted by Crippen LogP contribution is -2.41. The molecule has 1 unspecified atom stereocenters. The van der Waals surface area contributed by atoms with Gasteiger partial charge in [-0.05, 0) is 35.9 Å². The number of guanidine groups is 1. The zero-order valence-corrected chi connectivity index (χ0v) is 22.2. The predicted octanol–water partition coefficient (Wildman–Crippen LogP) is 3.66.